The Morgan fingerprint density at radius 1 is 1.13 bits per heavy atom. The number of carbonyl (C=O) groups excluding carboxylic acids is 1. The molecule has 1 amide bonds. The summed E-state index contributed by atoms with van der Waals surface area (Å²) in [6.45, 7) is 1.46. The van der Waals surface area contributed by atoms with Gasteiger partial charge >= 0.3 is 0 Å². The van der Waals surface area contributed by atoms with E-state index in [1.165, 1.54) is 36.0 Å². The molecule has 0 aromatic heterocycles. The van der Waals surface area contributed by atoms with Gasteiger partial charge in [0, 0.05) is 25.2 Å². The minimum Gasteiger partial charge on any atom is -0.507 e. The lowest BCUT2D eigenvalue weighted by molar-refractivity contribution is 0.0732. The zero-order valence-corrected chi connectivity index (χ0v) is 18.4. The van der Waals surface area contributed by atoms with Gasteiger partial charge < -0.3 is 20.4 Å². The molecule has 0 aliphatic carbocycles. The molecule has 0 saturated carbocycles. The molecule has 2 aliphatic rings. The van der Waals surface area contributed by atoms with Crippen LogP contribution in [-0.4, -0.2) is 45.1 Å². The fourth-order valence-corrected chi connectivity index (χ4v) is 5.58. The summed E-state index contributed by atoms with van der Waals surface area (Å²) in [4.78, 5) is 14.9. The smallest absolute Gasteiger partial charge is 0.258 e. The number of halogens is 1. The number of phenolic OH excluding ortho intramolecular Hbond substituents is 2. The predicted molar refractivity (Wildman–Crippen MR) is 121 cm³/mol. The predicted octanol–water partition coefficient (Wildman–Crippen LogP) is 4.71. The molecule has 2 fully saturated rings. The van der Waals surface area contributed by atoms with Gasteiger partial charge in [-0.05, 0) is 54.4 Å². The fraction of sp³-hybridized carbons (Fsp3) is 0.435. The first-order chi connectivity index (χ1) is 14.5. The van der Waals surface area contributed by atoms with Gasteiger partial charge in [-0.3, -0.25) is 4.79 Å². The van der Waals surface area contributed by atoms with Crippen LogP contribution >= 0.6 is 23.4 Å². The third kappa shape index (κ3) is 4.71. The molecular weight excluding hydrogens is 420 g/mol. The molecule has 2 aliphatic heterocycles. The number of hydrogen-bond donors (Lipinski definition) is 3. The molecule has 2 aromatic rings. The van der Waals surface area contributed by atoms with Gasteiger partial charge in [0.2, 0.25) is 0 Å². The van der Waals surface area contributed by atoms with Crippen molar-refractivity contribution in [2.45, 2.75) is 44.3 Å². The number of phenols is 2. The quantitative estimate of drug-likeness (QED) is 0.620. The molecule has 160 valence electrons. The second kappa shape index (κ2) is 9.50. The number of benzene rings is 2. The summed E-state index contributed by atoms with van der Waals surface area (Å²) >= 11 is 8.00. The second-order valence-electron chi connectivity index (χ2n) is 7.99. The van der Waals surface area contributed by atoms with Crippen molar-refractivity contribution in [3.8, 4) is 11.5 Å². The van der Waals surface area contributed by atoms with Gasteiger partial charge in [0.15, 0.2) is 0 Å². The van der Waals surface area contributed by atoms with Crippen molar-refractivity contribution in [1.82, 2.24) is 10.2 Å². The van der Waals surface area contributed by atoms with E-state index in [4.69, 9.17) is 11.6 Å². The van der Waals surface area contributed by atoms with Gasteiger partial charge in [0.05, 0.1) is 16.6 Å². The molecule has 1 atom stereocenters. The molecule has 2 saturated heterocycles. The molecular formula is C23H27ClN2O3S. The molecule has 0 bridgehead atoms. The highest BCUT2D eigenvalue weighted by Gasteiger charge is 2.32. The van der Waals surface area contributed by atoms with Crippen molar-refractivity contribution in [2.75, 3.05) is 18.1 Å². The zero-order chi connectivity index (χ0) is 21.1. The van der Waals surface area contributed by atoms with Crippen molar-refractivity contribution in [3.05, 3.63) is 58.1 Å². The number of hydrogen-bond acceptors (Lipinski definition) is 5. The maximum Gasteiger partial charge on any atom is 0.258 e. The molecule has 5 nitrogen and oxygen atoms in total. The molecule has 30 heavy (non-hydrogen) atoms. The van der Waals surface area contributed by atoms with Crippen LogP contribution in [0, 0.1) is 0 Å². The fourth-order valence-electron chi connectivity index (χ4n) is 4.31. The topological polar surface area (TPSA) is 72.8 Å². The van der Waals surface area contributed by atoms with Gasteiger partial charge in [-0.1, -0.05) is 35.9 Å². The minimum absolute atomic E-state index is 0.0319. The maximum atomic E-state index is 13.1. The highest BCUT2D eigenvalue weighted by Crippen LogP contribution is 2.37. The Morgan fingerprint density at radius 3 is 2.73 bits per heavy atom. The first-order valence-corrected chi connectivity index (χ1v) is 12.0. The molecule has 2 heterocycles. The number of nitrogens with zero attached hydrogens (tertiary/aromatic N) is 1. The van der Waals surface area contributed by atoms with E-state index in [-0.39, 0.29) is 34.0 Å². The Labute approximate surface area is 186 Å². The number of carbonyl (C=O) groups is 1. The number of rotatable bonds is 5. The van der Waals surface area contributed by atoms with Gasteiger partial charge in [-0.15, -0.1) is 0 Å². The maximum absolute atomic E-state index is 13.1. The van der Waals surface area contributed by atoms with Crippen LogP contribution in [0.3, 0.4) is 0 Å². The Morgan fingerprint density at radius 2 is 1.93 bits per heavy atom. The average Bonchev–Trinajstić information content (AvgIpc) is 3.25. The van der Waals surface area contributed by atoms with Crippen molar-refractivity contribution in [1.29, 1.82) is 0 Å². The number of aromatic hydroxyl groups is 2. The van der Waals surface area contributed by atoms with Crippen LogP contribution in [-0.2, 0) is 6.54 Å². The molecule has 7 heteroatoms. The molecule has 1 unspecified atom stereocenters. The highest BCUT2D eigenvalue weighted by molar-refractivity contribution is 7.99. The summed E-state index contributed by atoms with van der Waals surface area (Å²) in [6, 6.07) is 11.5. The highest BCUT2D eigenvalue weighted by atomic mass is 35.5. The largest absolute Gasteiger partial charge is 0.507 e. The van der Waals surface area contributed by atoms with E-state index >= 15 is 0 Å². The molecule has 0 spiro atoms. The van der Waals surface area contributed by atoms with E-state index in [0.717, 1.165) is 31.0 Å². The first kappa shape index (κ1) is 21.3. The van der Waals surface area contributed by atoms with Crippen LogP contribution in [0.5, 0.6) is 11.5 Å². The third-order valence-electron chi connectivity index (χ3n) is 5.96. The SMILES string of the molecule is O=C(c1cc(Cl)c(O)cc1O)N1CCCC1c1cccc(CNC2CCSCC2)c1. The Kier molecular flexibility index (Phi) is 6.76. The van der Waals surface area contributed by atoms with Gasteiger partial charge in [-0.25, -0.2) is 0 Å². The van der Waals surface area contributed by atoms with Gasteiger partial charge in [0.25, 0.3) is 5.91 Å². The Bertz CT molecular complexity index is 917. The monoisotopic (exact) mass is 446 g/mol. The summed E-state index contributed by atoms with van der Waals surface area (Å²) in [5.41, 5.74) is 2.46. The second-order valence-corrected chi connectivity index (χ2v) is 9.62. The van der Waals surface area contributed by atoms with Crippen LogP contribution in [0.15, 0.2) is 36.4 Å². The van der Waals surface area contributed by atoms with Crippen LogP contribution in [0.25, 0.3) is 0 Å². The molecule has 3 N–H and O–H groups in total. The lowest BCUT2D eigenvalue weighted by atomic mass is 10.0. The van der Waals surface area contributed by atoms with Crippen LogP contribution in [0.4, 0.5) is 0 Å². The van der Waals surface area contributed by atoms with Crippen molar-refractivity contribution < 1.29 is 15.0 Å². The van der Waals surface area contributed by atoms with E-state index in [1.54, 1.807) is 4.90 Å². The van der Waals surface area contributed by atoms with Crippen LogP contribution in [0.1, 0.15) is 53.2 Å². The van der Waals surface area contributed by atoms with E-state index in [9.17, 15) is 15.0 Å². The minimum atomic E-state index is -0.264. The van der Waals surface area contributed by atoms with Crippen LogP contribution < -0.4 is 5.32 Å². The average molecular weight is 447 g/mol. The van der Waals surface area contributed by atoms with Gasteiger partial charge in [0.1, 0.15) is 11.5 Å². The van der Waals surface area contributed by atoms with E-state index < -0.39 is 0 Å². The van der Waals surface area contributed by atoms with Gasteiger partial charge in [-0.2, -0.15) is 11.8 Å². The summed E-state index contributed by atoms with van der Waals surface area (Å²) in [5.74, 6) is 1.70. The lowest BCUT2D eigenvalue weighted by Crippen LogP contribution is -2.32. The summed E-state index contributed by atoms with van der Waals surface area (Å²) in [6.07, 6.45) is 4.22. The standard InChI is InChI=1S/C23H27ClN2O3S/c24-19-12-18(21(27)13-22(19)28)23(29)26-8-2-5-20(26)16-4-1-3-15(11-16)14-25-17-6-9-30-10-7-17/h1,3-4,11-13,17,20,25,27-28H,2,5-10,14H2. The summed E-state index contributed by atoms with van der Waals surface area (Å²) < 4.78 is 0. The molecule has 0 radical (unpaired) electrons. The number of likely N-dealkylation sites (tertiary alicyclic amines) is 1. The normalized spacial score (nSPS) is 19.9. The zero-order valence-electron chi connectivity index (χ0n) is 16.8. The summed E-state index contributed by atoms with van der Waals surface area (Å²) in [7, 11) is 0. The Hall–Kier alpha value is -1.89. The Balaban J connectivity index is 1.49. The van der Waals surface area contributed by atoms with Crippen LogP contribution in [0.2, 0.25) is 5.02 Å². The first-order valence-electron chi connectivity index (χ1n) is 10.5. The van der Waals surface area contributed by atoms with E-state index in [2.05, 4.69) is 29.6 Å². The number of thioether (sulfide) groups is 1. The molecule has 4 rings (SSSR count). The van der Waals surface area contributed by atoms with E-state index in [0.29, 0.717) is 12.6 Å². The number of nitrogens with one attached hydrogen (secondary N) is 1. The van der Waals surface area contributed by atoms with Crippen molar-refractivity contribution in [3.63, 3.8) is 0 Å². The third-order valence-corrected chi connectivity index (χ3v) is 7.31. The summed E-state index contributed by atoms with van der Waals surface area (Å²) in [5, 5.41) is 23.5. The lowest BCUT2D eigenvalue weighted by Gasteiger charge is -2.26. The number of amides is 1. The van der Waals surface area contributed by atoms with E-state index in [1.807, 2.05) is 11.8 Å². The molecule has 2 aromatic carbocycles. The van der Waals surface area contributed by atoms with Crippen molar-refractivity contribution in [2.24, 2.45) is 0 Å². The van der Waals surface area contributed by atoms with Crippen molar-refractivity contribution >= 4 is 29.3 Å².